The topological polar surface area (TPSA) is 237 Å². The molecule has 0 aliphatic rings. The van der Waals surface area contributed by atoms with E-state index in [4.69, 9.17) is 37.0 Å². The summed E-state index contributed by atoms with van der Waals surface area (Å²) in [4.78, 5) is 72.5. The van der Waals surface area contributed by atoms with E-state index in [2.05, 4.69) is 34.6 Å². The predicted molar refractivity (Wildman–Crippen MR) is 363 cm³/mol. The Hall–Kier alpha value is -1.94. The van der Waals surface area contributed by atoms with Crippen LogP contribution in [-0.2, 0) is 65.4 Å². The fraction of sp³-hybridized carbons (Fsp3) is 0.944. The molecule has 0 radical (unpaired) electrons. The first kappa shape index (κ1) is 88.1. The van der Waals surface area contributed by atoms with Crippen molar-refractivity contribution in [2.75, 3.05) is 39.6 Å². The summed E-state index contributed by atoms with van der Waals surface area (Å²) in [7, 11) is -9.90. The Bertz CT molecular complexity index is 1740. The highest BCUT2D eigenvalue weighted by molar-refractivity contribution is 7.47. The van der Waals surface area contributed by atoms with Crippen LogP contribution in [0, 0.1) is 5.92 Å². The van der Waals surface area contributed by atoms with Crippen molar-refractivity contribution >= 4 is 39.5 Å². The van der Waals surface area contributed by atoms with E-state index in [-0.39, 0.29) is 25.7 Å². The van der Waals surface area contributed by atoms with Gasteiger partial charge in [0.2, 0.25) is 0 Å². The van der Waals surface area contributed by atoms with Gasteiger partial charge >= 0.3 is 39.5 Å². The molecule has 0 bridgehead atoms. The summed E-state index contributed by atoms with van der Waals surface area (Å²) in [6.45, 7) is 7.21. The van der Waals surface area contributed by atoms with E-state index in [1.807, 2.05) is 0 Å². The van der Waals surface area contributed by atoms with Crippen molar-refractivity contribution in [3.63, 3.8) is 0 Å². The maximum Gasteiger partial charge on any atom is 0.472 e. The Morgan fingerprint density at radius 1 is 0.300 bits per heavy atom. The lowest BCUT2D eigenvalue weighted by molar-refractivity contribution is -0.161. The number of aliphatic hydroxyl groups is 1. The van der Waals surface area contributed by atoms with Gasteiger partial charge in [0.25, 0.3) is 0 Å². The number of aliphatic hydroxyl groups excluding tert-OH is 1. The van der Waals surface area contributed by atoms with Gasteiger partial charge in [-0.1, -0.05) is 317 Å². The number of ether oxygens (including phenoxy) is 4. The Kier molecular flexibility index (Phi) is 63.0. The lowest BCUT2D eigenvalue weighted by Gasteiger charge is -2.21. The van der Waals surface area contributed by atoms with E-state index in [0.29, 0.717) is 25.7 Å². The molecule has 0 aromatic heterocycles. The average Bonchev–Trinajstić information content (AvgIpc) is 3.61. The van der Waals surface area contributed by atoms with Gasteiger partial charge in [-0.05, 0) is 31.6 Å². The van der Waals surface area contributed by atoms with Gasteiger partial charge in [-0.3, -0.25) is 37.3 Å². The second-order valence-corrected chi connectivity index (χ2v) is 29.0. The number of rotatable bonds is 71. The van der Waals surface area contributed by atoms with Gasteiger partial charge in [-0.15, -0.1) is 0 Å². The van der Waals surface area contributed by atoms with Crippen LogP contribution in [0.1, 0.15) is 369 Å². The lowest BCUT2D eigenvalue weighted by Crippen LogP contribution is -2.30. The third-order valence-electron chi connectivity index (χ3n) is 16.5. The highest BCUT2D eigenvalue weighted by Crippen LogP contribution is 2.45. The van der Waals surface area contributed by atoms with E-state index in [1.54, 1.807) is 0 Å². The predicted octanol–water partition coefficient (Wildman–Crippen LogP) is 20.5. The van der Waals surface area contributed by atoms with Crippen molar-refractivity contribution in [1.29, 1.82) is 0 Å². The zero-order valence-corrected chi connectivity index (χ0v) is 60.1. The molecule has 3 N–H and O–H groups in total. The molecule has 0 aliphatic heterocycles. The third-order valence-corrected chi connectivity index (χ3v) is 18.4. The summed E-state index contributed by atoms with van der Waals surface area (Å²) in [6, 6.07) is 0. The molecular formula is C71H138O17P2. The minimum atomic E-state index is -4.95. The van der Waals surface area contributed by atoms with E-state index in [0.717, 1.165) is 102 Å². The Balaban J connectivity index is 5.22. The molecular weight excluding hydrogens is 1190 g/mol. The van der Waals surface area contributed by atoms with Gasteiger partial charge in [-0.25, -0.2) is 9.13 Å². The van der Waals surface area contributed by atoms with Crippen molar-refractivity contribution in [2.24, 2.45) is 5.92 Å². The third kappa shape index (κ3) is 64.8. The minimum Gasteiger partial charge on any atom is -0.462 e. The van der Waals surface area contributed by atoms with E-state index in [1.165, 1.54) is 186 Å². The quantitative estimate of drug-likeness (QED) is 0.0222. The summed E-state index contributed by atoms with van der Waals surface area (Å²) >= 11 is 0. The number of esters is 4. The van der Waals surface area contributed by atoms with Crippen LogP contribution in [0.4, 0.5) is 0 Å². The number of phosphoric ester groups is 2. The summed E-state index contributed by atoms with van der Waals surface area (Å²) in [5.41, 5.74) is 0. The highest BCUT2D eigenvalue weighted by Gasteiger charge is 2.30. The smallest absolute Gasteiger partial charge is 0.462 e. The fourth-order valence-electron chi connectivity index (χ4n) is 10.8. The van der Waals surface area contributed by atoms with Gasteiger partial charge in [0, 0.05) is 25.7 Å². The normalized spacial score (nSPS) is 14.1. The molecule has 2 unspecified atom stereocenters. The molecule has 0 aromatic rings. The summed E-state index contributed by atoms with van der Waals surface area (Å²) < 4.78 is 68.3. The number of hydrogen-bond acceptors (Lipinski definition) is 15. The molecule has 0 saturated heterocycles. The van der Waals surface area contributed by atoms with Gasteiger partial charge < -0.3 is 33.8 Å². The molecule has 90 heavy (non-hydrogen) atoms. The molecule has 0 aliphatic carbocycles. The molecule has 0 heterocycles. The lowest BCUT2D eigenvalue weighted by atomic mass is 10.0. The van der Waals surface area contributed by atoms with Crippen molar-refractivity contribution in [1.82, 2.24) is 0 Å². The number of hydrogen-bond donors (Lipinski definition) is 3. The second kappa shape index (κ2) is 64.4. The first-order valence-corrected chi connectivity index (χ1v) is 40.1. The van der Waals surface area contributed by atoms with Crippen molar-refractivity contribution in [2.45, 2.75) is 387 Å². The number of carbonyl (C=O) groups excluding carboxylic acids is 4. The molecule has 0 rings (SSSR count). The minimum absolute atomic E-state index is 0.105. The number of phosphoric acid groups is 2. The van der Waals surface area contributed by atoms with Gasteiger partial charge in [0.05, 0.1) is 26.4 Å². The molecule has 19 heteroatoms. The molecule has 0 aromatic carbocycles. The van der Waals surface area contributed by atoms with Crippen LogP contribution in [0.25, 0.3) is 0 Å². The molecule has 0 spiro atoms. The molecule has 534 valence electrons. The average molecular weight is 1330 g/mol. The first-order valence-electron chi connectivity index (χ1n) is 37.1. The van der Waals surface area contributed by atoms with Crippen LogP contribution in [-0.4, -0.2) is 96.7 Å². The van der Waals surface area contributed by atoms with E-state index in [9.17, 15) is 43.2 Å². The number of unbranched alkanes of at least 4 members (excludes halogenated alkanes) is 43. The Morgan fingerprint density at radius 2 is 0.511 bits per heavy atom. The summed E-state index contributed by atoms with van der Waals surface area (Å²) in [5.74, 6) is -1.39. The van der Waals surface area contributed by atoms with Crippen molar-refractivity contribution < 1.29 is 80.2 Å². The van der Waals surface area contributed by atoms with E-state index >= 15 is 0 Å². The molecule has 0 amide bonds. The zero-order chi connectivity index (χ0) is 66.3. The summed E-state index contributed by atoms with van der Waals surface area (Å²) in [6.07, 6.45) is 51.3. The van der Waals surface area contributed by atoms with Crippen molar-refractivity contribution in [3.8, 4) is 0 Å². The molecule has 0 saturated carbocycles. The maximum absolute atomic E-state index is 13.0. The second-order valence-electron chi connectivity index (χ2n) is 26.1. The maximum atomic E-state index is 13.0. The Labute approximate surface area is 549 Å². The van der Waals surface area contributed by atoms with Crippen molar-refractivity contribution in [3.05, 3.63) is 0 Å². The Morgan fingerprint density at radius 3 is 0.756 bits per heavy atom. The first-order chi connectivity index (χ1) is 43.5. The highest BCUT2D eigenvalue weighted by atomic mass is 31.2. The fourth-order valence-corrected chi connectivity index (χ4v) is 12.4. The van der Waals surface area contributed by atoms with Gasteiger partial charge in [0.15, 0.2) is 12.2 Å². The van der Waals surface area contributed by atoms with Crippen LogP contribution in [0.2, 0.25) is 0 Å². The van der Waals surface area contributed by atoms with Crippen LogP contribution in [0.5, 0.6) is 0 Å². The molecule has 5 atom stereocenters. The summed E-state index contributed by atoms with van der Waals surface area (Å²) in [5, 5.41) is 10.6. The molecule has 17 nitrogen and oxygen atoms in total. The van der Waals surface area contributed by atoms with Gasteiger partial charge in [0.1, 0.15) is 19.3 Å². The standard InChI is InChI=1S/C71H138O17P2/c1-6-9-12-15-18-21-23-25-27-28-30-32-36-41-46-51-56-70(75)87-67(61-82-69(74)55-50-45-40-35-31-29-26-24-22-19-16-13-10-7-2)63-86-90(79,80)84-59-65(72)58-83-89(77,78)85-62-66(60-81-68(73)54-49-44-39-20-17-14-11-8-3)88-71(76)57-52-47-42-37-33-34-38-43-48-53-64(4)5/h64-67,72H,6-63H2,1-5H3,(H,77,78)(H,79,80)/t65-,66+,67+/m0/s1. The largest absolute Gasteiger partial charge is 0.472 e. The van der Waals surface area contributed by atoms with Crippen LogP contribution >= 0.6 is 15.6 Å². The van der Waals surface area contributed by atoms with E-state index < -0.39 is 97.5 Å². The number of carbonyl (C=O) groups is 4. The zero-order valence-electron chi connectivity index (χ0n) is 58.3. The van der Waals surface area contributed by atoms with Gasteiger partial charge in [-0.2, -0.15) is 0 Å². The van der Waals surface area contributed by atoms with Crippen LogP contribution in [0.15, 0.2) is 0 Å². The SMILES string of the molecule is CCCCCCCCCCCCCCCCCCC(=O)O[C@H](COC(=O)CCCCCCCCCCCCCCCC)COP(=O)(O)OC[C@@H](O)COP(=O)(O)OC[C@@H](COC(=O)CCCCCCCCCC)OC(=O)CCCCCCCCCCCC(C)C. The van der Waals surface area contributed by atoms with Crippen LogP contribution < -0.4 is 0 Å². The van der Waals surface area contributed by atoms with Crippen LogP contribution in [0.3, 0.4) is 0 Å². The molecule has 0 fully saturated rings. The monoisotopic (exact) mass is 1320 g/mol.